The summed E-state index contributed by atoms with van der Waals surface area (Å²) in [6.07, 6.45) is 4.73. The molecule has 98 valence electrons. The fourth-order valence-electron chi connectivity index (χ4n) is 3.54. The summed E-state index contributed by atoms with van der Waals surface area (Å²) in [5, 5.41) is 6.56. The number of carbonyl (C=O) groups excluding carboxylic acids is 1. The van der Waals surface area contributed by atoms with Gasteiger partial charge in [-0.2, -0.15) is 0 Å². The van der Waals surface area contributed by atoms with Gasteiger partial charge in [-0.1, -0.05) is 20.8 Å². The average molecular weight is 238 g/mol. The first-order valence-electron chi connectivity index (χ1n) is 7.10. The molecule has 4 unspecified atom stereocenters. The Morgan fingerprint density at radius 2 is 1.76 bits per heavy atom. The van der Waals surface area contributed by atoms with Gasteiger partial charge < -0.3 is 10.6 Å². The molecule has 1 aliphatic heterocycles. The van der Waals surface area contributed by atoms with Crippen molar-refractivity contribution in [2.24, 2.45) is 17.8 Å². The van der Waals surface area contributed by atoms with Crippen molar-refractivity contribution >= 4 is 5.91 Å². The average Bonchev–Trinajstić information content (AvgIpc) is 2.62. The molecule has 0 aromatic heterocycles. The van der Waals surface area contributed by atoms with Crippen LogP contribution in [0.4, 0.5) is 0 Å². The SMILES string of the molecule is CC1CC(C)CC(NC(=O)C2NCCC2C)C1. The van der Waals surface area contributed by atoms with Gasteiger partial charge in [0, 0.05) is 6.04 Å². The molecule has 1 amide bonds. The van der Waals surface area contributed by atoms with Crippen LogP contribution in [0.1, 0.15) is 46.5 Å². The predicted octanol–water partition coefficient (Wildman–Crippen LogP) is 1.93. The third-order valence-electron chi connectivity index (χ3n) is 4.34. The minimum Gasteiger partial charge on any atom is -0.352 e. The van der Waals surface area contributed by atoms with Crippen LogP contribution in [0, 0.1) is 17.8 Å². The molecule has 0 aromatic carbocycles. The lowest BCUT2D eigenvalue weighted by atomic mass is 9.80. The minimum atomic E-state index is 0.0440. The summed E-state index contributed by atoms with van der Waals surface area (Å²) in [5.41, 5.74) is 0. The molecule has 4 atom stereocenters. The molecule has 1 heterocycles. The van der Waals surface area contributed by atoms with E-state index in [0.717, 1.165) is 37.6 Å². The standard InChI is InChI=1S/C14H26N2O/c1-9-6-10(2)8-12(7-9)16-14(17)13-11(3)4-5-15-13/h9-13,15H,4-8H2,1-3H3,(H,16,17). The van der Waals surface area contributed by atoms with Crippen LogP contribution in [0.5, 0.6) is 0 Å². The van der Waals surface area contributed by atoms with Crippen LogP contribution < -0.4 is 10.6 Å². The maximum Gasteiger partial charge on any atom is 0.237 e. The second kappa shape index (κ2) is 5.38. The van der Waals surface area contributed by atoms with Crippen LogP contribution in [0.15, 0.2) is 0 Å². The van der Waals surface area contributed by atoms with E-state index in [9.17, 15) is 4.79 Å². The Morgan fingerprint density at radius 3 is 2.29 bits per heavy atom. The van der Waals surface area contributed by atoms with Crippen LogP contribution in [0.3, 0.4) is 0 Å². The van der Waals surface area contributed by atoms with Crippen molar-refractivity contribution in [1.82, 2.24) is 10.6 Å². The molecule has 2 fully saturated rings. The zero-order chi connectivity index (χ0) is 12.4. The molecule has 1 saturated heterocycles. The van der Waals surface area contributed by atoms with E-state index in [1.807, 2.05) is 0 Å². The van der Waals surface area contributed by atoms with Crippen molar-refractivity contribution < 1.29 is 4.79 Å². The van der Waals surface area contributed by atoms with Crippen LogP contribution in [-0.2, 0) is 4.79 Å². The van der Waals surface area contributed by atoms with E-state index in [2.05, 4.69) is 31.4 Å². The molecule has 0 radical (unpaired) electrons. The highest BCUT2D eigenvalue weighted by atomic mass is 16.2. The van der Waals surface area contributed by atoms with Crippen molar-refractivity contribution in [3.05, 3.63) is 0 Å². The van der Waals surface area contributed by atoms with E-state index in [1.54, 1.807) is 0 Å². The minimum absolute atomic E-state index is 0.0440. The number of rotatable bonds is 2. The lowest BCUT2D eigenvalue weighted by Gasteiger charge is -2.33. The van der Waals surface area contributed by atoms with E-state index in [1.165, 1.54) is 6.42 Å². The Morgan fingerprint density at radius 1 is 1.12 bits per heavy atom. The second-order valence-corrected chi connectivity index (χ2v) is 6.32. The second-order valence-electron chi connectivity index (χ2n) is 6.32. The zero-order valence-electron chi connectivity index (χ0n) is 11.3. The maximum atomic E-state index is 12.2. The van der Waals surface area contributed by atoms with Gasteiger partial charge in [0.15, 0.2) is 0 Å². The van der Waals surface area contributed by atoms with Crippen molar-refractivity contribution in [1.29, 1.82) is 0 Å². The Bertz CT molecular complexity index is 269. The first-order chi connectivity index (χ1) is 8.06. The molecule has 1 aliphatic carbocycles. The van der Waals surface area contributed by atoms with Gasteiger partial charge in [0.05, 0.1) is 6.04 Å². The number of hydrogen-bond donors (Lipinski definition) is 2. The Labute approximate surface area is 105 Å². The predicted molar refractivity (Wildman–Crippen MR) is 69.7 cm³/mol. The van der Waals surface area contributed by atoms with E-state index in [4.69, 9.17) is 0 Å². The lowest BCUT2D eigenvalue weighted by molar-refractivity contribution is -0.124. The molecule has 2 N–H and O–H groups in total. The summed E-state index contributed by atoms with van der Waals surface area (Å²) >= 11 is 0. The first kappa shape index (κ1) is 12.9. The van der Waals surface area contributed by atoms with Gasteiger partial charge in [0.2, 0.25) is 5.91 Å². The molecule has 0 aromatic rings. The topological polar surface area (TPSA) is 41.1 Å². The van der Waals surface area contributed by atoms with Crippen LogP contribution in [0.2, 0.25) is 0 Å². The van der Waals surface area contributed by atoms with E-state index in [-0.39, 0.29) is 11.9 Å². The lowest BCUT2D eigenvalue weighted by Crippen LogP contribution is -2.49. The zero-order valence-corrected chi connectivity index (χ0v) is 11.3. The molecule has 3 nitrogen and oxygen atoms in total. The van der Waals surface area contributed by atoms with E-state index in [0.29, 0.717) is 12.0 Å². The van der Waals surface area contributed by atoms with Gasteiger partial charge in [-0.15, -0.1) is 0 Å². The highest BCUT2D eigenvalue weighted by Gasteiger charge is 2.32. The van der Waals surface area contributed by atoms with Gasteiger partial charge in [-0.05, 0) is 50.0 Å². The van der Waals surface area contributed by atoms with Crippen molar-refractivity contribution in [2.75, 3.05) is 6.54 Å². The van der Waals surface area contributed by atoms with Gasteiger partial charge >= 0.3 is 0 Å². The van der Waals surface area contributed by atoms with Crippen LogP contribution >= 0.6 is 0 Å². The number of hydrogen-bond acceptors (Lipinski definition) is 2. The van der Waals surface area contributed by atoms with Gasteiger partial charge in [0.1, 0.15) is 0 Å². The highest BCUT2D eigenvalue weighted by molar-refractivity contribution is 5.82. The third kappa shape index (κ3) is 3.21. The van der Waals surface area contributed by atoms with Crippen molar-refractivity contribution in [2.45, 2.75) is 58.5 Å². The maximum absolute atomic E-state index is 12.2. The van der Waals surface area contributed by atoms with Crippen molar-refractivity contribution in [3.63, 3.8) is 0 Å². The summed E-state index contributed by atoms with van der Waals surface area (Å²) in [4.78, 5) is 12.2. The van der Waals surface area contributed by atoms with E-state index < -0.39 is 0 Å². The molecule has 3 heteroatoms. The summed E-state index contributed by atoms with van der Waals surface area (Å²) in [6.45, 7) is 7.74. The molecule has 0 spiro atoms. The summed E-state index contributed by atoms with van der Waals surface area (Å²) in [6, 6.07) is 0.443. The summed E-state index contributed by atoms with van der Waals surface area (Å²) < 4.78 is 0. The molecular formula is C14H26N2O. The first-order valence-corrected chi connectivity index (χ1v) is 7.10. The molecule has 17 heavy (non-hydrogen) atoms. The fourth-order valence-corrected chi connectivity index (χ4v) is 3.54. The molecule has 0 bridgehead atoms. The number of carbonyl (C=O) groups is 1. The number of nitrogens with one attached hydrogen (secondary N) is 2. The Balaban J connectivity index is 1.85. The Kier molecular flexibility index (Phi) is 4.08. The van der Waals surface area contributed by atoms with Gasteiger partial charge in [-0.25, -0.2) is 0 Å². The molecule has 1 saturated carbocycles. The molecule has 2 rings (SSSR count). The largest absolute Gasteiger partial charge is 0.352 e. The normalized spacial score (nSPS) is 42.4. The van der Waals surface area contributed by atoms with Gasteiger partial charge in [0.25, 0.3) is 0 Å². The Hall–Kier alpha value is -0.570. The van der Waals surface area contributed by atoms with Crippen LogP contribution in [-0.4, -0.2) is 24.5 Å². The third-order valence-corrected chi connectivity index (χ3v) is 4.34. The molecule has 2 aliphatic rings. The van der Waals surface area contributed by atoms with E-state index >= 15 is 0 Å². The molecular weight excluding hydrogens is 212 g/mol. The fraction of sp³-hybridized carbons (Fsp3) is 0.929. The van der Waals surface area contributed by atoms with Gasteiger partial charge in [-0.3, -0.25) is 4.79 Å². The summed E-state index contributed by atoms with van der Waals surface area (Å²) in [5.74, 6) is 2.20. The number of amides is 1. The quantitative estimate of drug-likeness (QED) is 0.772. The monoisotopic (exact) mass is 238 g/mol. The van der Waals surface area contributed by atoms with Crippen molar-refractivity contribution in [3.8, 4) is 0 Å². The smallest absolute Gasteiger partial charge is 0.237 e. The highest BCUT2D eigenvalue weighted by Crippen LogP contribution is 2.28. The van der Waals surface area contributed by atoms with Crippen LogP contribution in [0.25, 0.3) is 0 Å². The summed E-state index contributed by atoms with van der Waals surface area (Å²) in [7, 11) is 0.